The van der Waals surface area contributed by atoms with Crippen LogP contribution in [0.3, 0.4) is 0 Å². The smallest absolute Gasteiger partial charge is 0.268 e. The lowest BCUT2D eigenvalue weighted by Crippen LogP contribution is -2.38. The molecule has 0 radical (unpaired) electrons. The average Bonchev–Trinajstić information content (AvgIpc) is 3.20. The zero-order valence-electron chi connectivity index (χ0n) is 21.8. The van der Waals surface area contributed by atoms with E-state index in [0.717, 1.165) is 16.8 Å². The first kappa shape index (κ1) is 23.2. The van der Waals surface area contributed by atoms with Gasteiger partial charge in [-0.25, -0.2) is 9.36 Å². The van der Waals surface area contributed by atoms with Crippen molar-refractivity contribution in [3.8, 4) is 33.6 Å². The summed E-state index contributed by atoms with van der Waals surface area (Å²) >= 11 is 0. The molecule has 0 atom stereocenters. The van der Waals surface area contributed by atoms with E-state index in [2.05, 4.69) is 50.2 Å². The Morgan fingerprint density at radius 1 is 0.538 bits per heavy atom. The van der Waals surface area contributed by atoms with Gasteiger partial charge >= 0.3 is 5.69 Å². The van der Waals surface area contributed by atoms with Gasteiger partial charge in [0, 0.05) is 5.41 Å². The third kappa shape index (κ3) is 3.45. The van der Waals surface area contributed by atoms with E-state index in [-0.39, 0.29) is 16.7 Å². The van der Waals surface area contributed by atoms with Crippen molar-refractivity contribution in [2.24, 2.45) is 0 Å². The minimum atomic E-state index is -0.389. The van der Waals surface area contributed by atoms with Crippen molar-refractivity contribution in [2.45, 2.75) is 19.3 Å². The second kappa shape index (κ2) is 8.53. The van der Waals surface area contributed by atoms with Crippen LogP contribution in [0.2, 0.25) is 0 Å². The van der Waals surface area contributed by atoms with Crippen LogP contribution >= 0.6 is 0 Å². The number of hydrogen-bond donors (Lipinski definition) is 0. The van der Waals surface area contributed by atoms with Crippen LogP contribution in [0.15, 0.2) is 131 Å². The van der Waals surface area contributed by atoms with Gasteiger partial charge in [-0.2, -0.15) is 0 Å². The van der Waals surface area contributed by atoms with E-state index in [1.807, 2.05) is 78.9 Å². The monoisotopic (exact) mass is 506 g/mol. The molecular formula is C35H26N2O2. The molecule has 1 aliphatic rings. The van der Waals surface area contributed by atoms with E-state index < -0.39 is 0 Å². The Hall–Kier alpha value is -4.96. The number of nitrogens with zero attached hydrogens (tertiary/aromatic N) is 2. The lowest BCUT2D eigenvalue weighted by molar-refractivity contribution is 0.659. The van der Waals surface area contributed by atoms with Crippen LogP contribution in [0.4, 0.5) is 0 Å². The maximum Gasteiger partial charge on any atom is 0.340 e. The Labute approximate surface area is 226 Å². The first-order valence-corrected chi connectivity index (χ1v) is 13.1. The van der Waals surface area contributed by atoms with Gasteiger partial charge in [-0.1, -0.05) is 98.8 Å². The second-order valence-electron chi connectivity index (χ2n) is 10.6. The van der Waals surface area contributed by atoms with Gasteiger partial charge in [0.2, 0.25) is 0 Å². The highest BCUT2D eigenvalue weighted by Gasteiger charge is 2.35. The van der Waals surface area contributed by atoms with Gasteiger partial charge in [0.1, 0.15) is 0 Å². The molecule has 39 heavy (non-hydrogen) atoms. The van der Waals surface area contributed by atoms with E-state index in [9.17, 15) is 9.59 Å². The Balaban J connectivity index is 1.45. The van der Waals surface area contributed by atoms with E-state index in [0.29, 0.717) is 16.6 Å². The highest BCUT2D eigenvalue weighted by molar-refractivity contribution is 5.83. The van der Waals surface area contributed by atoms with Crippen LogP contribution in [0.5, 0.6) is 0 Å². The molecule has 0 unspecified atom stereocenters. The van der Waals surface area contributed by atoms with Crippen LogP contribution in [0.25, 0.3) is 44.5 Å². The first-order valence-electron chi connectivity index (χ1n) is 13.1. The van der Waals surface area contributed by atoms with Gasteiger partial charge in [0.15, 0.2) is 0 Å². The number of aromatic nitrogens is 2. The van der Waals surface area contributed by atoms with Gasteiger partial charge in [0.05, 0.1) is 22.3 Å². The quantitative estimate of drug-likeness (QED) is 0.257. The molecule has 0 saturated heterocycles. The van der Waals surface area contributed by atoms with Gasteiger partial charge < -0.3 is 0 Å². The van der Waals surface area contributed by atoms with E-state index in [1.54, 1.807) is 10.6 Å². The highest BCUT2D eigenvalue weighted by Crippen LogP contribution is 2.48. The molecule has 188 valence electrons. The summed E-state index contributed by atoms with van der Waals surface area (Å²) in [4.78, 5) is 27.8. The van der Waals surface area contributed by atoms with Gasteiger partial charge in [-0.3, -0.25) is 9.36 Å². The molecule has 6 aromatic rings. The van der Waals surface area contributed by atoms with E-state index in [1.165, 1.54) is 26.8 Å². The summed E-state index contributed by atoms with van der Waals surface area (Å²) in [7, 11) is 0. The topological polar surface area (TPSA) is 44.0 Å². The molecule has 1 aliphatic carbocycles. The summed E-state index contributed by atoms with van der Waals surface area (Å²) in [6.07, 6.45) is 0. The van der Waals surface area contributed by atoms with Crippen molar-refractivity contribution in [3.63, 3.8) is 0 Å². The molecule has 1 aromatic heterocycles. The molecule has 0 amide bonds. The van der Waals surface area contributed by atoms with Crippen molar-refractivity contribution >= 4 is 10.9 Å². The van der Waals surface area contributed by atoms with E-state index in [4.69, 9.17) is 0 Å². The summed E-state index contributed by atoms with van der Waals surface area (Å²) in [5, 5.41) is 0.493. The molecule has 0 N–H and O–H groups in total. The third-order valence-electron chi connectivity index (χ3n) is 8.02. The molecule has 0 spiro atoms. The average molecular weight is 507 g/mol. The van der Waals surface area contributed by atoms with Crippen LogP contribution in [0.1, 0.15) is 25.0 Å². The van der Waals surface area contributed by atoms with Gasteiger partial charge in [-0.15, -0.1) is 0 Å². The molecule has 0 aliphatic heterocycles. The first-order chi connectivity index (χ1) is 18.9. The number of para-hydroxylation sites is 1. The SMILES string of the molecule is CC1(C)c2ccccc2-c2ccc(-n3c(=O)n(-c4ccc(-c5ccccc5)cc4)c(=O)c4ccccc43)cc21. The lowest BCUT2D eigenvalue weighted by atomic mass is 9.82. The molecule has 4 heteroatoms. The molecule has 0 fully saturated rings. The maximum absolute atomic E-state index is 14.2. The van der Waals surface area contributed by atoms with Gasteiger partial charge in [0.25, 0.3) is 5.56 Å². The van der Waals surface area contributed by atoms with Crippen molar-refractivity contribution in [3.05, 3.63) is 153 Å². The second-order valence-corrected chi connectivity index (χ2v) is 10.6. The molecular weight excluding hydrogens is 480 g/mol. The molecule has 0 bridgehead atoms. The summed E-state index contributed by atoms with van der Waals surface area (Å²) in [6.45, 7) is 4.44. The number of benzene rings is 5. The summed E-state index contributed by atoms with van der Waals surface area (Å²) < 4.78 is 2.95. The predicted octanol–water partition coefficient (Wildman–Crippen LogP) is 7.11. The number of fused-ring (bicyclic) bond motifs is 4. The Morgan fingerprint density at radius 2 is 1.15 bits per heavy atom. The Morgan fingerprint density at radius 3 is 1.95 bits per heavy atom. The van der Waals surface area contributed by atoms with Crippen LogP contribution < -0.4 is 11.2 Å². The highest BCUT2D eigenvalue weighted by atomic mass is 16.2. The lowest BCUT2D eigenvalue weighted by Gasteiger charge is -2.22. The van der Waals surface area contributed by atoms with Crippen LogP contribution in [0, 0.1) is 0 Å². The fourth-order valence-electron chi connectivity index (χ4n) is 6.00. The van der Waals surface area contributed by atoms with Crippen LogP contribution in [-0.4, -0.2) is 9.13 Å². The standard InChI is InChI=1S/C35H26N2O2/c1-35(2)30-14-8-6-12-27(30)28-21-20-26(22-31(28)35)36-32-15-9-7-13-29(32)33(38)37(34(36)39)25-18-16-24(17-19-25)23-10-4-3-5-11-23/h3-22H,1-2H3. The Bertz CT molecular complexity index is 2010. The zero-order valence-corrected chi connectivity index (χ0v) is 21.8. The fourth-order valence-corrected chi connectivity index (χ4v) is 6.00. The van der Waals surface area contributed by atoms with Crippen molar-refractivity contribution < 1.29 is 0 Å². The zero-order chi connectivity index (χ0) is 26.7. The summed E-state index contributed by atoms with van der Waals surface area (Å²) in [6, 6.07) is 39.6. The predicted molar refractivity (Wildman–Crippen MR) is 158 cm³/mol. The fraction of sp³-hybridized carbons (Fsp3) is 0.0857. The molecule has 7 rings (SSSR count). The largest absolute Gasteiger partial charge is 0.340 e. The third-order valence-corrected chi connectivity index (χ3v) is 8.02. The summed E-state index contributed by atoms with van der Waals surface area (Å²) in [5.41, 5.74) is 7.91. The number of hydrogen-bond acceptors (Lipinski definition) is 2. The maximum atomic E-state index is 14.2. The van der Waals surface area contributed by atoms with Gasteiger partial charge in [-0.05, 0) is 69.8 Å². The van der Waals surface area contributed by atoms with Crippen LogP contribution in [-0.2, 0) is 5.41 Å². The summed E-state index contributed by atoms with van der Waals surface area (Å²) in [5.74, 6) is 0. The molecule has 4 nitrogen and oxygen atoms in total. The molecule has 5 aromatic carbocycles. The minimum Gasteiger partial charge on any atom is -0.268 e. The Kier molecular flexibility index (Phi) is 5.07. The van der Waals surface area contributed by atoms with Crippen molar-refractivity contribution in [1.29, 1.82) is 0 Å². The van der Waals surface area contributed by atoms with E-state index >= 15 is 0 Å². The van der Waals surface area contributed by atoms with Crippen molar-refractivity contribution in [1.82, 2.24) is 9.13 Å². The van der Waals surface area contributed by atoms with Crippen molar-refractivity contribution in [2.75, 3.05) is 0 Å². The molecule has 1 heterocycles. The normalized spacial score (nSPS) is 13.3. The minimum absolute atomic E-state index is 0.205. The molecule has 0 saturated carbocycles. The number of rotatable bonds is 3.